The van der Waals surface area contributed by atoms with Crippen molar-refractivity contribution >= 4 is 22.7 Å². The molecule has 3 atom stereocenters. The molecular weight excluding hydrogens is 362 g/mol. The lowest BCUT2D eigenvalue weighted by Crippen LogP contribution is -2.39. The van der Waals surface area contributed by atoms with Crippen LogP contribution in [-0.2, 0) is 23.1 Å². The van der Waals surface area contributed by atoms with Crippen LogP contribution in [0.25, 0.3) is 10.9 Å². The molecular formula is C24H31N3O2. The summed E-state index contributed by atoms with van der Waals surface area (Å²) >= 11 is 0. The number of rotatable bonds is 5. The van der Waals surface area contributed by atoms with Gasteiger partial charge >= 0.3 is 0 Å². The molecule has 1 aliphatic heterocycles. The third kappa shape index (κ3) is 3.60. The van der Waals surface area contributed by atoms with E-state index in [1.807, 2.05) is 11.7 Å². The zero-order chi connectivity index (χ0) is 20.0. The van der Waals surface area contributed by atoms with Crippen LogP contribution in [0.2, 0.25) is 0 Å². The molecule has 5 nitrogen and oxygen atoms in total. The van der Waals surface area contributed by atoms with Gasteiger partial charge in [-0.25, -0.2) is 0 Å². The Bertz CT molecular complexity index is 943. The van der Waals surface area contributed by atoms with Gasteiger partial charge in [0.25, 0.3) is 0 Å². The maximum Gasteiger partial charge on any atom is 0.235 e. The Morgan fingerprint density at radius 1 is 1.07 bits per heavy atom. The minimum absolute atomic E-state index is 0.176. The van der Waals surface area contributed by atoms with Crippen LogP contribution in [0, 0.1) is 17.8 Å². The molecule has 1 aromatic heterocycles. The number of carbonyl (C=O) groups is 2. The second kappa shape index (κ2) is 7.58. The Kier molecular flexibility index (Phi) is 4.92. The Balaban J connectivity index is 1.36. The number of imide groups is 1. The van der Waals surface area contributed by atoms with E-state index < -0.39 is 0 Å². The smallest absolute Gasteiger partial charge is 0.235 e. The zero-order valence-corrected chi connectivity index (χ0v) is 17.3. The van der Waals surface area contributed by atoms with Crippen LogP contribution in [0.15, 0.2) is 18.2 Å². The van der Waals surface area contributed by atoms with Crippen LogP contribution in [0.4, 0.5) is 0 Å². The summed E-state index contributed by atoms with van der Waals surface area (Å²) < 4.78 is 1.95. The first-order valence-corrected chi connectivity index (χ1v) is 11.4. The number of aromatic nitrogens is 2. The number of nitrogens with one attached hydrogen (secondary N) is 1. The van der Waals surface area contributed by atoms with Crippen LogP contribution in [0.5, 0.6) is 0 Å². The molecule has 1 N–H and O–H groups in total. The normalized spacial score (nSPS) is 28.0. The molecule has 0 bridgehead atoms. The Labute approximate surface area is 172 Å². The molecule has 154 valence electrons. The molecule has 29 heavy (non-hydrogen) atoms. The highest BCUT2D eigenvalue weighted by molar-refractivity contribution is 6.02. The minimum atomic E-state index is -0.329. The fourth-order valence-electron chi connectivity index (χ4n) is 5.91. The highest BCUT2D eigenvalue weighted by Crippen LogP contribution is 2.42. The van der Waals surface area contributed by atoms with Gasteiger partial charge in [0.15, 0.2) is 0 Å². The van der Waals surface area contributed by atoms with Crippen LogP contribution in [0.3, 0.4) is 0 Å². The van der Waals surface area contributed by atoms with Crippen molar-refractivity contribution in [3.05, 3.63) is 29.5 Å². The lowest BCUT2D eigenvalue weighted by Gasteiger charge is -2.28. The fourth-order valence-corrected chi connectivity index (χ4v) is 5.91. The minimum Gasteiger partial charge on any atom is -0.296 e. The van der Waals surface area contributed by atoms with Gasteiger partial charge in [-0.3, -0.25) is 19.6 Å². The van der Waals surface area contributed by atoms with Crippen LogP contribution >= 0.6 is 0 Å². The first-order valence-electron chi connectivity index (χ1n) is 11.4. The third-order valence-electron chi connectivity index (χ3n) is 7.60. The highest BCUT2D eigenvalue weighted by Gasteiger charge is 2.33. The molecule has 3 fully saturated rings. The topological polar surface area (TPSA) is 64.0 Å². The van der Waals surface area contributed by atoms with Crippen LogP contribution in [0.1, 0.15) is 75.0 Å². The predicted octanol–water partition coefficient (Wildman–Crippen LogP) is 4.24. The number of aryl methyl sites for hydroxylation is 1. The molecule has 0 radical (unpaired) electrons. The number of nitrogens with zero attached hydrogens (tertiary/aromatic N) is 2. The number of para-hydroxylation sites is 1. The maximum absolute atomic E-state index is 12.4. The molecule has 5 rings (SSSR count). The average Bonchev–Trinajstić information content (AvgIpc) is 3.23. The summed E-state index contributed by atoms with van der Waals surface area (Å²) in [6.45, 7) is 0. The van der Waals surface area contributed by atoms with Crippen molar-refractivity contribution in [2.24, 2.45) is 24.8 Å². The van der Waals surface area contributed by atoms with Gasteiger partial charge in [-0.1, -0.05) is 43.9 Å². The maximum atomic E-state index is 12.4. The predicted molar refractivity (Wildman–Crippen MR) is 112 cm³/mol. The van der Waals surface area contributed by atoms with E-state index in [1.165, 1.54) is 50.5 Å². The van der Waals surface area contributed by atoms with Crippen molar-refractivity contribution in [1.29, 1.82) is 0 Å². The largest absolute Gasteiger partial charge is 0.296 e. The lowest BCUT2D eigenvalue weighted by molar-refractivity contribution is -0.134. The average molecular weight is 394 g/mol. The fraction of sp³-hybridized carbons (Fsp3) is 0.625. The van der Waals surface area contributed by atoms with Crippen molar-refractivity contribution in [3.8, 4) is 0 Å². The number of hydrogen-bond donors (Lipinski definition) is 1. The lowest BCUT2D eigenvalue weighted by atomic mass is 9.78. The van der Waals surface area contributed by atoms with Crippen LogP contribution in [-0.4, -0.2) is 21.6 Å². The molecule has 3 unspecified atom stereocenters. The molecule has 3 aliphatic rings. The Hall–Kier alpha value is -2.17. The van der Waals surface area contributed by atoms with Crippen molar-refractivity contribution in [2.45, 2.75) is 70.1 Å². The second-order valence-electron chi connectivity index (χ2n) is 9.61. The molecule has 1 saturated heterocycles. The van der Waals surface area contributed by atoms with Gasteiger partial charge in [0.1, 0.15) is 0 Å². The van der Waals surface area contributed by atoms with Gasteiger partial charge in [-0.05, 0) is 55.4 Å². The summed E-state index contributed by atoms with van der Waals surface area (Å²) in [5.74, 6) is 1.99. The number of fused-ring (bicyclic) bond motifs is 1. The van der Waals surface area contributed by atoms with E-state index in [1.54, 1.807) is 0 Å². The standard InChI is InChI=1S/C24H31N3O2/c1-27-23-18(14-17-9-8-16(13-17)12-15-4-2-5-15)6-3-7-19(23)22(26-27)20-10-11-21(28)25-24(20)29/h3,6-7,15-17,20H,2,4-5,8-14H2,1H3,(H,25,28,29). The SMILES string of the molecule is Cn1nc(C2CCC(=O)NC2=O)c2cccc(CC3CCC(CC4CCC4)C3)c21. The van der Waals surface area contributed by atoms with E-state index in [0.29, 0.717) is 12.8 Å². The van der Waals surface area contributed by atoms with Gasteiger partial charge in [0.2, 0.25) is 11.8 Å². The van der Waals surface area contributed by atoms with Gasteiger partial charge < -0.3 is 0 Å². The van der Waals surface area contributed by atoms with E-state index in [-0.39, 0.29) is 17.7 Å². The first kappa shape index (κ1) is 18.8. The third-order valence-corrected chi connectivity index (χ3v) is 7.60. The van der Waals surface area contributed by atoms with E-state index in [2.05, 4.69) is 23.5 Å². The number of hydrogen-bond acceptors (Lipinski definition) is 3. The van der Waals surface area contributed by atoms with Gasteiger partial charge in [-0.15, -0.1) is 0 Å². The molecule has 2 aromatic rings. The van der Waals surface area contributed by atoms with E-state index in [0.717, 1.165) is 40.8 Å². The van der Waals surface area contributed by atoms with Crippen molar-refractivity contribution in [1.82, 2.24) is 15.1 Å². The quantitative estimate of drug-likeness (QED) is 0.773. The molecule has 2 heterocycles. The number of amides is 2. The number of benzene rings is 1. The second-order valence-corrected chi connectivity index (χ2v) is 9.61. The monoisotopic (exact) mass is 393 g/mol. The van der Waals surface area contributed by atoms with E-state index in [4.69, 9.17) is 5.10 Å². The highest BCUT2D eigenvalue weighted by atomic mass is 16.2. The summed E-state index contributed by atoms with van der Waals surface area (Å²) in [7, 11) is 1.98. The van der Waals surface area contributed by atoms with Gasteiger partial charge in [-0.2, -0.15) is 5.10 Å². The Morgan fingerprint density at radius 3 is 2.66 bits per heavy atom. The zero-order valence-electron chi connectivity index (χ0n) is 17.3. The summed E-state index contributed by atoms with van der Waals surface area (Å²) in [5.41, 5.74) is 3.34. The summed E-state index contributed by atoms with van der Waals surface area (Å²) in [6.07, 6.45) is 11.9. The molecule has 0 spiro atoms. The van der Waals surface area contributed by atoms with Gasteiger partial charge in [0, 0.05) is 18.9 Å². The number of piperidine rings is 1. The first-order chi connectivity index (χ1) is 14.1. The summed E-state index contributed by atoms with van der Waals surface area (Å²) in [4.78, 5) is 23.9. The van der Waals surface area contributed by atoms with E-state index >= 15 is 0 Å². The van der Waals surface area contributed by atoms with Gasteiger partial charge in [0.05, 0.1) is 17.1 Å². The molecule has 1 aromatic carbocycles. The summed E-state index contributed by atoms with van der Waals surface area (Å²) in [5, 5.41) is 8.29. The van der Waals surface area contributed by atoms with Crippen molar-refractivity contribution in [2.75, 3.05) is 0 Å². The molecule has 5 heteroatoms. The van der Waals surface area contributed by atoms with Crippen molar-refractivity contribution in [3.63, 3.8) is 0 Å². The van der Waals surface area contributed by atoms with Crippen LogP contribution < -0.4 is 5.32 Å². The number of carbonyl (C=O) groups excluding carboxylic acids is 2. The van der Waals surface area contributed by atoms with E-state index in [9.17, 15) is 9.59 Å². The Morgan fingerprint density at radius 2 is 1.90 bits per heavy atom. The molecule has 2 amide bonds. The summed E-state index contributed by atoms with van der Waals surface area (Å²) in [6, 6.07) is 6.42. The van der Waals surface area contributed by atoms with Crippen molar-refractivity contribution < 1.29 is 9.59 Å². The molecule has 2 aliphatic carbocycles. The molecule has 2 saturated carbocycles.